The molecule has 1 atom stereocenters. The van der Waals surface area contributed by atoms with Crippen molar-refractivity contribution in [3.63, 3.8) is 0 Å². The van der Waals surface area contributed by atoms with Gasteiger partial charge in [0.2, 0.25) is 11.8 Å². The molecular weight excluding hydrogens is 286 g/mol. The summed E-state index contributed by atoms with van der Waals surface area (Å²) in [7, 11) is 1.60. The number of hydrogen-bond acceptors (Lipinski definition) is 6. The quantitative estimate of drug-likeness (QED) is 0.823. The Morgan fingerprint density at radius 2 is 2.18 bits per heavy atom. The summed E-state index contributed by atoms with van der Waals surface area (Å²) in [6, 6.07) is -0.0783. The number of methoxy groups -OCH3 is 1. The van der Waals surface area contributed by atoms with Gasteiger partial charge in [0, 0.05) is 32.8 Å². The Morgan fingerprint density at radius 1 is 1.36 bits per heavy atom. The Morgan fingerprint density at radius 3 is 2.95 bits per heavy atom. The molecule has 2 aliphatic rings. The number of hydrogen-bond donors (Lipinski definition) is 0. The van der Waals surface area contributed by atoms with Crippen molar-refractivity contribution in [1.29, 1.82) is 0 Å². The Labute approximate surface area is 129 Å². The van der Waals surface area contributed by atoms with E-state index in [0.717, 1.165) is 51.3 Å². The third-order valence-electron chi connectivity index (χ3n) is 4.42. The lowest BCUT2D eigenvalue weighted by atomic mass is 10.00. The summed E-state index contributed by atoms with van der Waals surface area (Å²) in [6.45, 7) is 2.70. The molecule has 1 unspecified atom stereocenters. The van der Waals surface area contributed by atoms with Gasteiger partial charge in [-0.1, -0.05) is 5.16 Å². The van der Waals surface area contributed by atoms with E-state index in [1.54, 1.807) is 7.11 Å². The van der Waals surface area contributed by atoms with Crippen molar-refractivity contribution in [3.8, 4) is 0 Å². The summed E-state index contributed by atoms with van der Waals surface area (Å²) in [5, 5.41) is 4.14. The molecule has 2 fully saturated rings. The average Bonchev–Trinajstić information content (AvgIpc) is 3.22. The van der Waals surface area contributed by atoms with Crippen molar-refractivity contribution in [2.24, 2.45) is 0 Å². The molecule has 0 aromatic carbocycles. The SMILES string of the molecule is COCCC(=O)N1CCCC1c1nc(C2CCOCC2)no1. The predicted octanol–water partition coefficient (Wildman–Crippen LogP) is 1.66. The lowest BCUT2D eigenvalue weighted by Crippen LogP contribution is -2.31. The standard InChI is InChI=1S/C15H23N3O4/c1-20-8-6-13(19)18-7-2-3-12(18)15-16-14(17-22-15)11-4-9-21-10-5-11/h11-12H,2-10H2,1H3. The highest BCUT2D eigenvalue weighted by Crippen LogP contribution is 2.33. The second-order valence-electron chi connectivity index (χ2n) is 5.87. The zero-order valence-electron chi connectivity index (χ0n) is 13.0. The van der Waals surface area contributed by atoms with Gasteiger partial charge in [0.1, 0.15) is 6.04 Å². The fourth-order valence-corrected chi connectivity index (χ4v) is 3.16. The van der Waals surface area contributed by atoms with Crippen LogP contribution in [0, 0.1) is 0 Å². The van der Waals surface area contributed by atoms with Gasteiger partial charge in [-0.25, -0.2) is 0 Å². The number of carbonyl (C=O) groups is 1. The third-order valence-corrected chi connectivity index (χ3v) is 4.42. The van der Waals surface area contributed by atoms with Crippen molar-refractivity contribution >= 4 is 5.91 Å². The van der Waals surface area contributed by atoms with Crippen LogP contribution in [-0.4, -0.2) is 54.4 Å². The van der Waals surface area contributed by atoms with Gasteiger partial charge in [-0.05, 0) is 25.7 Å². The number of nitrogens with zero attached hydrogens (tertiary/aromatic N) is 3. The van der Waals surface area contributed by atoms with E-state index in [2.05, 4.69) is 10.1 Å². The number of ether oxygens (including phenoxy) is 2. The molecule has 0 N–H and O–H groups in total. The van der Waals surface area contributed by atoms with Crippen LogP contribution in [0.25, 0.3) is 0 Å². The highest BCUT2D eigenvalue weighted by molar-refractivity contribution is 5.77. The van der Waals surface area contributed by atoms with Gasteiger partial charge in [0.05, 0.1) is 13.0 Å². The van der Waals surface area contributed by atoms with Crippen molar-refractivity contribution in [1.82, 2.24) is 15.0 Å². The van der Waals surface area contributed by atoms with Gasteiger partial charge < -0.3 is 18.9 Å². The zero-order chi connectivity index (χ0) is 15.4. The van der Waals surface area contributed by atoms with Crippen molar-refractivity contribution in [3.05, 3.63) is 11.7 Å². The van der Waals surface area contributed by atoms with Crippen LogP contribution >= 0.6 is 0 Å². The Hall–Kier alpha value is -1.47. The normalized spacial score (nSPS) is 23.1. The minimum atomic E-state index is -0.0783. The van der Waals surface area contributed by atoms with Gasteiger partial charge in [-0.2, -0.15) is 4.98 Å². The van der Waals surface area contributed by atoms with Crippen LogP contribution in [0.1, 0.15) is 55.8 Å². The van der Waals surface area contributed by atoms with Gasteiger partial charge in [0.15, 0.2) is 5.82 Å². The maximum Gasteiger partial charge on any atom is 0.249 e. The molecule has 2 saturated heterocycles. The van der Waals surface area contributed by atoms with Crippen LogP contribution < -0.4 is 0 Å². The minimum Gasteiger partial charge on any atom is -0.384 e. The zero-order valence-corrected chi connectivity index (χ0v) is 13.0. The second kappa shape index (κ2) is 7.19. The highest BCUT2D eigenvalue weighted by atomic mass is 16.5. The average molecular weight is 309 g/mol. The first-order valence-corrected chi connectivity index (χ1v) is 7.99. The minimum absolute atomic E-state index is 0.0783. The first kappa shape index (κ1) is 15.4. The number of carbonyl (C=O) groups excluding carboxylic acids is 1. The molecular formula is C15H23N3O4. The van der Waals surface area contributed by atoms with E-state index in [0.29, 0.717) is 24.8 Å². The Kier molecular flexibility index (Phi) is 5.04. The molecule has 1 aromatic rings. The lowest BCUT2D eigenvalue weighted by Gasteiger charge is -2.21. The molecule has 122 valence electrons. The van der Waals surface area contributed by atoms with E-state index in [1.807, 2.05) is 4.90 Å². The van der Waals surface area contributed by atoms with Gasteiger partial charge in [0.25, 0.3) is 0 Å². The van der Waals surface area contributed by atoms with E-state index in [1.165, 1.54) is 0 Å². The van der Waals surface area contributed by atoms with Gasteiger partial charge in [-0.3, -0.25) is 4.79 Å². The van der Waals surface area contributed by atoms with Crippen LogP contribution in [0.2, 0.25) is 0 Å². The monoisotopic (exact) mass is 309 g/mol. The van der Waals surface area contributed by atoms with Crippen LogP contribution in [-0.2, 0) is 14.3 Å². The second-order valence-corrected chi connectivity index (χ2v) is 5.87. The fourth-order valence-electron chi connectivity index (χ4n) is 3.16. The molecule has 0 aliphatic carbocycles. The van der Waals surface area contributed by atoms with E-state index in [-0.39, 0.29) is 11.9 Å². The summed E-state index contributed by atoms with van der Waals surface area (Å²) in [5.41, 5.74) is 0. The molecule has 7 heteroatoms. The molecule has 3 heterocycles. The molecule has 22 heavy (non-hydrogen) atoms. The van der Waals surface area contributed by atoms with Crippen LogP contribution in [0.3, 0.4) is 0 Å². The first-order chi connectivity index (χ1) is 10.8. The van der Waals surface area contributed by atoms with E-state index >= 15 is 0 Å². The molecule has 3 rings (SSSR count). The molecule has 0 radical (unpaired) electrons. The van der Waals surface area contributed by atoms with E-state index in [4.69, 9.17) is 14.0 Å². The molecule has 1 aromatic heterocycles. The smallest absolute Gasteiger partial charge is 0.249 e. The molecule has 1 amide bonds. The van der Waals surface area contributed by atoms with Crippen molar-refractivity contribution in [2.45, 2.75) is 44.1 Å². The van der Waals surface area contributed by atoms with Crippen molar-refractivity contribution in [2.75, 3.05) is 33.5 Å². The van der Waals surface area contributed by atoms with Crippen LogP contribution in [0.4, 0.5) is 0 Å². The van der Waals surface area contributed by atoms with Crippen LogP contribution in [0.5, 0.6) is 0 Å². The Balaban J connectivity index is 1.67. The first-order valence-electron chi connectivity index (χ1n) is 7.99. The Bertz CT molecular complexity index is 499. The van der Waals surface area contributed by atoms with E-state index in [9.17, 15) is 4.79 Å². The van der Waals surface area contributed by atoms with Gasteiger partial charge >= 0.3 is 0 Å². The molecule has 2 aliphatic heterocycles. The fraction of sp³-hybridized carbons (Fsp3) is 0.800. The number of amides is 1. The summed E-state index contributed by atoms with van der Waals surface area (Å²) in [6.07, 6.45) is 4.11. The molecule has 0 spiro atoms. The molecule has 0 bridgehead atoms. The highest BCUT2D eigenvalue weighted by Gasteiger charge is 2.34. The number of aromatic nitrogens is 2. The maximum atomic E-state index is 12.2. The summed E-state index contributed by atoms with van der Waals surface area (Å²) in [5.74, 6) is 1.74. The predicted molar refractivity (Wildman–Crippen MR) is 77.3 cm³/mol. The van der Waals surface area contributed by atoms with Gasteiger partial charge in [-0.15, -0.1) is 0 Å². The number of rotatable bonds is 5. The van der Waals surface area contributed by atoms with E-state index < -0.39 is 0 Å². The van der Waals surface area contributed by atoms with Crippen molar-refractivity contribution < 1.29 is 18.8 Å². The number of likely N-dealkylation sites (tertiary alicyclic amines) is 1. The lowest BCUT2D eigenvalue weighted by molar-refractivity contribution is -0.133. The maximum absolute atomic E-state index is 12.2. The summed E-state index contributed by atoms with van der Waals surface area (Å²) < 4.78 is 15.8. The topological polar surface area (TPSA) is 77.7 Å². The summed E-state index contributed by atoms with van der Waals surface area (Å²) in [4.78, 5) is 18.7. The molecule has 0 saturated carbocycles. The van der Waals surface area contributed by atoms with Crippen LogP contribution in [0.15, 0.2) is 4.52 Å². The molecule has 7 nitrogen and oxygen atoms in total. The third kappa shape index (κ3) is 3.30. The summed E-state index contributed by atoms with van der Waals surface area (Å²) >= 11 is 0. The largest absolute Gasteiger partial charge is 0.384 e.